The maximum atomic E-state index is 12.5. The van der Waals surface area contributed by atoms with Crippen LogP contribution in [0.5, 0.6) is 5.75 Å². The van der Waals surface area contributed by atoms with Gasteiger partial charge in [-0.3, -0.25) is 14.4 Å². The number of nitrogens with zero attached hydrogens (tertiary/aromatic N) is 1. The largest absolute Gasteiger partial charge is 0.482 e. The Morgan fingerprint density at radius 1 is 1.03 bits per heavy atom. The van der Waals surface area contributed by atoms with E-state index in [-0.39, 0.29) is 44.3 Å². The molecular formula is C23H23NO7. The lowest BCUT2D eigenvalue weighted by Crippen LogP contribution is -2.38. The first kappa shape index (κ1) is 22.0. The first-order valence-electron chi connectivity index (χ1n) is 9.86. The lowest BCUT2D eigenvalue weighted by atomic mass is 10.0. The molecule has 0 aliphatic carbocycles. The fourth-order valence-electron chi connectivity index (χ4n) is 3.19. The molecule has 2 aromatic rings. The van der Waals surface area contributed by atoms with Crippen molar-refractivity contribution in [3.63, 3.8) is 0 Å². The summed E-state index contributed by atoms with van der Waals surface area (Å²) in [7, 11) is 1.31. The Morgan fingerprint density at radius 2 is 1.74 bits per heavy atom. The molecule has 0 atom stereocenters. The van der Waals surface area contributed by atoms with Gasteiger partial charge in [0.25, 0.3) is 5.91 Å². The summed E-state index contributed by atoms with van der Waals surface area (Å²) in [6.45, 7) is 2.11. The molecule has 31 heavy (non-hydrogen) atoms. The van der Waals surface area contributed by atoms with Crippen molar-refractivity contribution < 1.29 is 33.4 Å². The number of hydrogen-bond donors (Lipinski definition) is 0. The highest BCUT2D eigenvalue weighted by Gasteiger charge is 2.27. The normalized spacial score (nSPS) is 12.6. The minimum Gasteiger partial charge on any atom is -0.482 e. The second-order valence-electron chi connectivity index (χ2n) is 6.87. The van der Waals surface area contributed by atoms with Crippen LogP contribution in [0.15, 0.2) is 42.5 Å². The van der Waals surface area contributed by atoms with E-state index < -0.39 is 11.9 Å². The molecule has 0 aromatic heterocycles. The van der Waals surface area contributed by atoms with E-state index >= 15 is 0 Å². The van der Waals surface area contributed by atoms with Gasteiger partial charge in [-0.05, 0) is 42.8 Å². The topological polar surface area (TPSA) is 99.2 Å². The molecule has 2 aromatic carbocycles. The molecule has 8 heteroatoms. The SMILES string of the molecule is CCOC(=O)CCC(=O)c1ccc2c(c1)N(Cc1ccc(C(=O)OC)cc1)C(=O)CO2. The van der Waals surface area contributed by atoms with E-state index in [1.165, 1.54) is 12.0 Å². The maximum Gasteiger partial charge on any atom is 0.337 e. The lowest BCUT2D eigenvalue weighted by Gasteiger charge is -2.30. The molecule has 1 aliphatic rings. The molecule has 0 saturated heterocycles. The number of ether oxygens (including phenoxy) is 3. The van der Waals surface area contributed by atoms with Crippen LogP contribution in [0.3, 0.4) is 0 Å². The summed E-state index contributed by atoms with van der Waals surface area (Å²) in [5.74, 6) is -0.848. The molecule has 0 spiro atoms. The number of Topliss-reactive ketones (excluding diaryl/α,β-unsaturated/α-hetero) is 1. The molecular weight excluding hydrogens is 402 g/mol. The van der Waals surface area contributed by atoms with Crippen LogP contribution >= 0.6 is 0 Å². The number of benzene rings is 2. The zero-order chi connectivity index (χ0) is 22.4. The number of amides is 1. The molecule has 8 nitrogen and oxygen atoms in total. The van der Waals surface area contributed by atoms with Crippen LogP contribution in [-0.2, 0) is 25.6 Å². The molecule has 162 valence electrons. The number of esters is 2. The quantitative estimate of drug-likeness (QED) is 0.474. The van der Waals surface area contributed by atoms with Gasteiger partial charge >= 0.3 is 11.9 Å². The standard InChI is InChI=1S/C23H23NO7/c1-3-30-22(27)11-9-19(25)17-8-10-20-18(12-17)24(21(26)14-31-20)13-15-4-6-16(7-5-15)23(28)29-2/h4-8,10,12H,3,9,11,13-14H2,1-2H3. The van der Waals surface area contributed by atoms with Gasteiger partial charge in [0.05, 0.1) is 37.9 Å². The monoisotopic (exact) mass is 425 g/mol. The van der Waals surface area contributed by atoms with Crippen molar-refractivity contribution in [2.24, 2.45) is 0 Å². The Bertz CT molecular complexity index is 997. The Morgan fingerprint density at radius 3 is 2.42 bits per heavy atom. The van der Waals surface area contributed by atoms with Gasteiger partial charge in [0.15, 0.2) is 12.4 Å². The first-order chi connectivity index (χ1) is 14.9. The average molecular weight is 425 g/mol. The zero-order valence-electron chi connectivity index (χ0n) is 17.4. The fraction of sp³-hybridized carbons (Fsp3) is 0.304. The molecule has 0 unspecified atom stereocenters. The number of carbonyl (C=O) groups is 4. The number of methoxy groups -OCH3 is 1. The van der Waals surface area contributed by atoms with Crippen molar-refractivity contribution in [3.8, 4) is 5.75 Å². The highest BCUT2D eigenvalue weighted by atomic mass is 16.5. The van der Waals surface area contributed by atoms with E-state index in [4.69, 9.17) is 14.2 Å². The molecule has 0 N–H and O–H groups in total. The second kappa shape index (κ2) is 9.88. The Kier molecular flexibility index (Phi) is 7.02. The average Bonchev–Trinajstić information content (AvgIpc) is 2.79. The van der Waals surface area contributed by atoms with Crippen LogP contribution in [0.1, 0.15) is 46.0 Å². The number of carbonyl (C=O) groups excluding carboxylic acids is 4. The number of anilines is 1. The zero-order valence-corrected chi connectivity index (χ0v) is 17.4. The van der Waals surface area contributed by atoms with Gasteiger partial charge in [-0.15, -0.1) is 0 Å². The summed E-state index contributed by atoms with van der Waals surface area (Å²) >= 11 is 0. The number of rotatable bonds is 8. The van der Waals surface area contributed by atoms with Gasteiger partial charge in [-0.25, -0.2) is 4.79 Å². The summed E-state index contributed by atoms with van der Waals surface area (Å²) in [5, 5.41) is 0. The van der Waals surface area contributed by atoms with E-state index in [1.807, 2.05) is 0 Å². The van der Waals surface area contributed by atoms with E-state index in [0.717, 1.165) is 5.56 Å². The molecule has 0 fully saturated rings. The Balaban J connectivity index is 1.79. The van der Waals surface area contributed by atoms with Crippen LogP contribution in [-0.4, -0.2) is 44.0 Å². The molecule has 3 rings (SSSR count). The minimum atomic E-state index is -0.440. The number of ketones is 1. The Labute approximate surface area is 179 Å². The van der Waals surface area contributed by atoms with E-state index in [1.54, 1.807) is 49.4 Å². The van der Waals surface area contributed by atoms with Crippen LogP contribution in [0.4, 0.5) is 5.69 Å². The van der Waals surface area contributed by atoms with Crippen molar-refractivity contribution in [2.45, 2.75) is 26.3 Å². The van der Waals surface area contributed by atoms with Crippen molar-refractivity contribution in [2.75, 3.05) is 25.2 Å². The van der Waals surface area contributed by atoms with Crippen LogP contribution in [0.2, 0.25) is 0 Å². The predicted octanol–water partition coefficient (Wildman–Crippen LogP) is 2.92. The molecule has 1 aliphatic heterocycles. The van der Waals surface area contributed by atoms with Crippen molar-refractivity contribution in [3.05, 3.63) is 59.2 Å². The molecule has 0 bridgehead atoms. The third kappa shape index (κ3) is 5.28. The van der Waals surface area contributed by atoms with Crippen LogP contribution in [0, 0.1) is 0 Å². The molecule has 0 saturated carbocycles. The van der Waals surface area contributed by atoms with Gasteiger partial charge in [-0.1, -0.05) is 12.1 Å². The summed E-state index contributed by atoms with van der Waals surface area (Å²) in [6, 6.07) is 11.6. The van der Waals surface area contributed by atoms with Gasteiger partial charge in [-0.2, -0.15) is 0 Å². The van der Waals surface area contributed by atoms with E-state index in [2.05, 4.69) is 0 Å². The van der Waals surface area contributed by atoms with Crippen molar-refractivity contribution >= 4 is 29.3 Å². The van der Waals surface area contributed by atoms with Crippen molar-refractivity contribution in [1.82, 2.24) is 0 Å². The molecule has 1 amide bonds. The fourth-order valence-corrected chi connectivity index (χ4v) is 3.19. The Hall–Kier alpha value is -3.68. The highest BCUT2D eigenvalue weighted by Crippen LogP contribution is 2.34. The molecule has 0 radical (unpaired) electrons. The third-order valence-electron chi connectivity index (χ3n) is 4.80. The number of hydrogen-bond acceptors (Lipinski definition) is 7. The highest BCUT2D eigenvalue weighted by molar-refractivity contribution is 6.02. The third-order valence-corrected chi connectivity index (χ3v) is 4.80. The van der Waals surface area contributed by atoms with Gasteiger partial charge in [0.1, 0.15) is 5.75 Å². The summed E-state index contributed by atoms with van der Waals surface area (Å²) < 4.78 is 15.0. The molecule has 1 heterocycles. The van der Waals surface area contributed by atoms with Crippen LogP contribution < -0.4 is 9.64 Å². The van der Waals surface area contributed by atoms with Gasteiger partial charge < -0.3 is 19.1 Å². The van der Waals surface area contributed by atoms with E-state index in [0.29, 0.717) is 22.6 Å². The summed E-state index contributed by atoms with van der Waals surface area (Å²) in [4.78, 5) is 49.7. The summed E-state index contributed by atoms with van der Waals surface area (Å²) in [6.07, 6.45) is 0.0108. The van der Waals surface area contributed by atoms with Crippen molar-refractivity contribution in [1.29, 1.82) is 0 Å². The van der Waals surface area contributed by atoms with E-state index in [9.17, 15) is 19.2 Å². The minimum absolute atomic E-state index is 0.00452. The maximum absolute atomic E-state index is 12.5. The van der Waals surface area contributed by atoms with Gasteiger partial charge in [0.2, 0.25) is 0 Å². The first-order valence-corrected chi connectivity index (χ1v) is 9.86. The van der Waals surface area contributed by atoms with Crippen LogP contribution in [0.25, 0.3) is 0 Å². The lowest BCUT2D eigenvalue weighted by molar-refractivity contribution is -0.143. The summed E-state index contributed by atoms with van der Waals surface area (Å²) in [5.41, 5.74) is 2.07. The smallest absolute Gasteiger partial charge is 0.337 e. The van der Waals surface area contributed by atoms with Gasteiger partial charge in [0, 0.05) is 12.0 Å². The predicted molar refractivity (Wildman–Crippen MR) is 111 cm³/mol. The second-order valence-corrected chi connectivity index (χ2v) is 6.87. The number of fused-ring (bicyclic) bond motifs is 1.